The van der Waals surface area contributed by atoms with Gasteiger partial charge < -0.3 is 9.52 Å². The van der Waals surface area contributed by atoms with Crippen molar-refractivity contribution >= 4 is 22.6 Å². The van der Waals surface area contributed by atoms with Crippen LogP contribution in [0.2, 0.25) is 5.02 Å². The highest BCUT2D eigenvalue weighted by molar-refractivity contribution is 6.34. The second-order valence-corrected chi connectivity index (χ2v) is 5.53. The molecule has 3 rings (SSSR count). The van der Waals surface area contributed by atoms with Crippen molar-refractivity contribution in [1.82, 2.24) is 0 Å². The molecule has 1 aromatic carbocycles. The fraction of sp³-hybridized carbons (Fsp3) is 0.467. The van der Waals surface area contributed by atoms with Crippen LogP contribution >= 0.6 is 11.6 Å². The topological polar surface area (TPSA) is 33.4 Å². The summed E-state index contributed by atoms with van der Waals surface area (Å²) in [7, 11) is 0. The van der Waals surface area contributed by atoms with Gasteiger partial charge in [-0.2, -0.15) is 0 Å². The molecule has 1 N–H and O–H groups in total. The lowest BCUT2D eigenvalue weighted by atomic mass is 9.94. The van der Waals surface area contributed by atoms with E-state index in [1.54, 1.807) is 0 Å². The van der Waals surface area contributed by atoms with E-state index in [1.165, 1.54) is 6.42 Å². The van der Waals surface area contributed by atoms with Crippen LogP contribution in [0.1, 0.15) is 43.8 Å². The Bertz CT molecular complexity index is 546. The molecule has 2 aromatic rings. The van der Waals surface area contributed by atoms with Crippen molar-refractivity contribution < 1.29 is 9.52 Å². The first-order valence-electron chi connectivity index (χ1n) is 6.62. The summed E-state index contributed by atoms with van der Waals surface area (Å²) in [6.45, 7) is 0. The molecule has 1 heterocycles. The molecule has 0 spiro atoms. The van der Waals surface area contributed by atoms with Gasteiger partial charge in [-0.05, 0) is 25.0 Å². The average molecular weight is 265 g/mol. The molecule has 18 heavy (non-hydrogen) atoms. The van der Waals surface area contributed by atoms with E-state index < -0.39 is 0 Å². The van der Waals surface area contributed by atoms with Crippen LogP contribution in [0.5, 0.6) is 0 Å². The Morgan fingerprint density at radius 1 is 1.17 bits per heavy atom. The highest BCUT2D eigenvalue weighted by Gasteiger charge is 2.26. The van der Waals surface area contributed by atoms with E-state index >= 15 is 0 Å². The van der Waals surface area contributed by atoms with Gasteiger partial charge in [-0.15, -0.1) is 0 Å². The number of aliphatic hydroxyl groups is 1. The lowest BCUT2D eigenvalue weighted by Crippen LogP contribution is -2.16. The molecular formula is C15H17ClO2. The molecule has 1 fully saturated rings. The molecule has 0 aliphatic heterocycles. The zero-order valence-corrected chi connectivity index (χ0v) is 11.0. The van der Waals surface area contributed by atoms with Crippen molar-refractivity contribution in [3.63, 3.8) is 0 Å². The van der Waals surface area contributed by atoms with Crippen molar-refractivity contribution in [2.24, 2.45) is 0 Å². The van der Waals surface area contributed by atoms with E-state index in [-0.39, 0.29) is 12.0 Å². The second-order valence-electron chi connectivity index (χ2n) is 5.12. The van der Waals surface area contributed by atoms with Gasteiger partial charge in [0.15, 0.2) is 5.58 Å². The van der Waals surface area contributed by atoms with Gasteiger partial charge in [0.05, 0.1) is 11.1 Å². The van der Waals surface area contributed by atoms with Gasteiger partial charge in [0, 0.05) is 11.3 Å². The average Bonchev–Trinajstić information content (AvgIpc) is 2.67. The molecule has 1 aliphatic carbocycles. The van der Waals surface area contributed by atoms with E-state index in [0.29, 0.717) is 5.02 Å². The van der Waals surface area contributed by atoms with Crippen LogP contribution in [-0.4, -0.2) is 11.2 Å². The Morgan fingerprint density at radius 2 is 2.00 bits per heavy atom. The molecular weight excluding hydrogens is 248 g/mol. The molecule has 1 aromatic heterocycles. The fourth-order valence-corrected chi connectivity index (χ4v) is 3.07. The summed E-state index contributed by atoms with van der Waals surface area (Å²) >= 11 is 6.12. The molecule has 2 atom stereocenters. The van der Waals surface area contributed by atoms with Crippen LogP contribution in [0.15, 0.2) is 28.7 Å². The number of para-hydroxylation sites is 1. The van der Waals surface area contributed by atoms with E-state index in [9.17, 15) is 5.11 Å². The zero-order chi connectivity index (χ0) is 12.5. The molecule has 96 valence electrons. The van der Waals surface area contributed by atoms with Crippen LogP contribution in [0, 0.1) is 0 Å². The number of fused-ring (bicyclic) bond motifs is 1. The Hall–Kier alpha value is -0.990. The van der Waals surface area contributed by atoms with Gasteiger partial charge in [0.1, 0.15) is 5.76 Å². The largest absolute Gasteiger partial charge is 0.459 e. The van der Waals surface area contributed by atoms with E-state index in [0.717, 1.165) is 42.4 Å². The number of hydrogen-bond acceptors (Lipinski definition) is 2. The zero-order valence-electron chi connectivity index (χ0n) is 10.2. The quantitative estimate of drug-likeness (QED) is 0.770. The van der Waals surface area contributed by atoms with Crippen molar-refractivity contribution in [2.45, 2.75) is 44.1 Å². The van der Waals surface area contributed by atoms with Crippen molar-refractivity contribution in [1.29, 1.82) is 0 Å². The molecule has 2 unspecified atom stereocenters. The molecule has 0 saturated heterocycles. The lowest BCUT2D eigenvalue weighted by Gasteiger charge is -2.17. The number of furan rings is 1. The van der Waals surface area contributed by atoms with Gasteiger partial charge in [-0.25, -0.2) is 0 Å². The van der Waals surface area contributed by atoms with Gasteiger partial charge in [-0.3, -0.25) is 0 Å². The monoisotopic (exact) mass is 264 g/mol. The molecule has 0 bridgehead atoms. The maximum absolute atomic E-state index is 10.2. The van der Waals surface area contributed by atoms with Crippen molar-refractivity contribution in [3.8, 4) is 0 Å². The molecule has 0 amide bonds. The van der Waals surface area contributed by atoms with Crippen LogP contribution in [0.3, 0.4) is 0 Å². The second kappa shape index (κ2) is 4.94. The normalized spacial score (nSPS) is 25.2. The Morgan fingerprint density at radius 3 is 2.83 bits per heavy atom. The van der Waals surface area contributed by atoms with Gasteiger partial charge in [-0.1, -0.05) is 43.0 Å². The maximum atomic E-state index is 10.2. The minimum atomic E-state index is -0.285. The van der Waals surface area contributed by atoms with E-state index in [1.807, 2.05) is 24.3 Å². The van der Waals surface area contributed by atoms with Crippen molar-refractivity contribution in [3.05, 3.63) is 35.0 Å². The standard InChI is InChI=1S/C15H17ClO2/c16-12-7-4-5-10-9-14(18-15(10)12)11-6-2-1-3-8-13(11)17/h4-5,7,9,11,13,17H,1-3,6,8H2. The third-order valence-corrected chi connectivity index (χ3v) is 4.16. The number of rotatable bonds is 1. The molecule has 2 nitrogen and oxygen atoms in total. The summed E-state index contributed by atoms with van der Waals surface area (Å²) in [6.07, 6.45) is 5.06. The smallest absolute Gasteiger partial charge is 0.152 e. The summed E-state index contributed by atoms with van der Waals surface area (Å²) < 4.78 is 5.87. The first-order valence-corrected chi connectivity index (χ1v) is 6.99. The Kier molecular flexibility index (Phi) is 3.31. The van der Waals surface area contributed by atoms with Gasteiger partial charge in [0.2, 0.25) is 0 Å². The summed E-state index contributed by atoms with van der Waals surface area (Å²) in [6, 6.07) is 7.78. The first kappa shape index (κ1) is 12.1. The van der Waals surface area contributed by atoms with Crippen LogP contribution in [0.25, 0.3) is 11.0 Å². The van der Waals surface area contributed by atoms with Crippen LogP contribution in [0.4, 0.5) is 0 Å². The number of aliphatic hydroxyl groups excluding tert-OH is 1. The fourth-order valence-electron chi connectivity index (χ4n) is 2.85. The predicted octanol–water partition coefficient (Wildman–Crippen LogP) is 4.49. The summed E-state index contributed by atoms with van der Waals surface area (Å²) in [5.74, 6) is 1.00. The third kappa shape index (κ3) is 2.15. The minimum Gasteiger partial charge on any atom is -0.459 e. The summed E-state index contributed by atoms with van der Waals surface area (Å²) in [4.78, 5) is 0. The maximum Gasteiger partial charge on any atom is 0.152 e. The van der Waals surface area contributed by atoms with E-state index in [2.05, 4.69) is 0 Å². The number of halogens is 1. The Labute approximate surface area is 112 Å². The molecule has 1 aliphatic rings. The van der Waals surface area contributed by atoms with Crippen LogP contribution < -0.4 is 0 Å². The minimum absolute atomic E-state index is 0.121. The number of hydrogen-bond donors (Lipinski definition) is 1. The highest BCUT2D eigenvalue weighted by atomic mass is 35.5. The predicted molar refractivity (Wildman–Crippen MR) is 73.1 cm³/mol. The summed E-state index contributed by atoms with van der Waals surface area (Å²) in [5.41, 5.74) is 0.741. The lowest BCUT2D eigenvalue weighted by molar-refractivity contribution is 0.126. The Balaban J connectivity index is 2.00. The molecule has 1 saturated carbocycles. The molecule has 0 radical (unpaired) electrons. The third-order valence-electron chi connectivity index (χ3n) is 3.86. The number of benzene rings is 1. The summed E-state index contributed by atoms with van der Waals surface area (Å²) in [5, 5.41) is 11.9. The highest BCUT2D eigenvalue weighted by Crippen LogP contribution is 2.36. The van der Waals surface area contributed by atoms with Crippen LogP contribution in [-0.2, 0) is 0 Å². The van der Waals surface area contributed by atoms with Crippen molar-refractivity contribution in [2.75, 3.05) is 0 Å². The van der Waals surface area contributed by atoms with Gasteiger partial charge in [0.25, 0.3) is 0 Å². The van der Waals surface area contributed by atoms with Gasteiger partial charge >= 0.3 is 0 Å². The first-order chi connectivity index (χ1) is 8.75. The molecule has 3 heteroatoms. The van der Waals surface area contributed by atoms with E-state index in [4.69, 9.17) is 16.0 Å². The SMILES string of the molecule is OC1CCCCCC1c1cc2cccc(Cl)c2o1.